The fraction of sp³-hybridized carbons (Fsp3) is 0.750. The van der Waals surface area contributed by atoms with Gasteiger partial charge in [0.15, 0.2) is 0 Å². The summed E-state index contributed by atoms with van der Waals surface area (Å²) in [7, 11) is 0. The van der Waals surface area contributed by atoms with Crippen molar-refractivity contribution in [1.82, 2.24) is 5.32 Å². The van der Waals surface area contributed by atoms with Crippen LogP contribution in [0.1, 0.15) is 32.1 Å². The van der Waals surface area contributed by atoms with Gasteiger partial charge in [0.2, 0.25) is 0 Å². The third-order valence-electron chi connectivity index (χ3n) is 1.37. The molecule has 0 spiro atoms. The van der Waals surface area contributed by atoms with E-state index in [0.29, 0.717) is 0 Å². The molecule has 0 heterocycles. The van der Waals surface area contributed by atoms with Crippen molar-refractivity contribution in [3.8, 4) is 0 Å². The van der Waals surface area contributed by atoms with E-state index in [9.17, 15) is 4.79 Å². The highest BCUT2D eigenvalue weighted by Crippen LogP contribution is 2.00. The topological polar surface area (TPSA) is 29.1 Å². The molecule has 0 unspecified atom stereocenters. The van der Waals surface area contributed by atoms with E-state index in [-0.39, 0.29) is 0 Å². The zero-order valence-corrected chi connectivity index (χ0v) is 6.36. The SMILES string of the molecule is [CH2]CCCCCCN[C]=O. The second-order valence-electron chi connectivity index (χ2n) is 2.30. The Balaban J connectivity index is 2.70. The van der Waals surface area contributed by atoms with Crippen molar-refractivity contribution in [1.29, 1.82) is 0 Å². The molecule has 0 aliphatic rings. The highest BCUT2D eigenvalue weighted by atomic mass is 16.1. The van der Waals surface area contributed by atoms with E-state index in [1.165, 1.54) is 19.3 Å². The first-order valence-corrected chi connectivity index (χ1v) is 3.81. The van der Waals surface area contributed by atoms with Crippen LogP contribution < -0.4 is 5.32 Å². The molecular formula is C8H15NO. The zero-order valence-electron chi connectivity index (χ0n) is 6.36. The minimum Gasteiger partial charge on any atom is -0.348 e. The van der Waals surface area contributed by atoms with E-state index in [2.05, 4.69) is 12.2 Å². The molecule has 0 aromatic heterocycles. The molecule has 1 N–H and O–H groups in total. The Labute approximate surface area is 63.0 Å². The van der Waals surface area contributed by atoms with Crippen molar-refractivity contribution in [2.45, 2.75) is 32.1 Å². The molecule has 2 heteroatoms. The number of hydrogen-bond donors (Lipinski definition) is 1. The van der Waals surface area contributed by atoms with Crippen molar-refractivity contribution in [2.75, 3.05) is 6.54 Å². The fourth-order valence-electron chi connectivity index (χ4n) is 0.795. The molecule has 0 saturated heterocycles. The largest absolute Gasteiger partial charge is 0.348 e. The third-order valence-corrected chi connectivity index (χ3v) is 1.37. The number of unbranched alkanes of at least 4 members (excludes halogenated alkanes) is 4. The van der Waals surface area contributed by atoms with Crippen LogP contribution in [0.2, 0.25) is 0 Å². The van der Waals surface area contributed by atoms with Gasteiger partial charge in [-0.3, -0.25) is 4.79 Å². The maximum Gasteiger partial charge on any atom is 0.309 e. The smallest absolute Gasteiger partial charge is 0.309 e. The molecule has 2 nitrogen and oxygen atoms in total. The number of hydrogen-bond acceptors (Lipinski definition) is 1. The van der Waals surface area contributed by atoms with Gasteiger partial charge in [0, 0.05) is 6.54 Å². The van der Waals surface area contributed by atoms with E-state index in [4.69, 9.17) is 0 Å². The van der Waals surface area contributed by atoms with Crippen molar-refractivity contribution < 1.29 is 4.79 Å². The van der Waals surface area contributed by atoms with Crippen LogP contribution in [0.25, 0.3) is 0 Å². The van der Waals surface area contributed by atoms with Gasteiger partial charge in [-0.25, -0.2) is 0 Å². The zero-order chi connectivity index (χ0) is 7.66. The van der Waals surface area contributed by atoms with Crippen LogP contribution in [0, 0.1) is 6.92 Å². The summed E-state index contributed by atoms with van der Waals surface area (Å²) in [5, 5.41) is 2.50. The van der Waals surface area contributed by atoms with E-state index in [1.807, 2.05) is 0 Å². The summed E-state index contributed by atoms with van der Waals surface area (Å²) in [4.78, 5) is 9.65. The average Bonchev–Trinajstić information content (AvgIpc) is 1.97. The minimum absolute atomic E-state index is 0.765. The summed E-state index contributed by atoms with van der Waals surface area (Å²) in [6.07, 6.45) is 7.34. The molecule has 1 amide bonds. The second kappa shape index (κ2) is 8.47. The van der Waals surface area contributed by atoms with Gasteiger partial charge in [-0.1, -0.05) is 32.6 Å². The van der Waals surface area contributed by atoms with E-state index >= 15 is 0 Å². The van der Waals surface area contributed by atoms with Gasteiger partial charge in [0.25, 0.3) is 0 Å². The lowest BCUT2D eigenvalue weighted by Crippen LogP contribution is -2.11. The maximum absolute atomic E-state index is 9.65. The number of nitrogens with one attached hydrogen (secondary N) is 1. The van der Waals surface area contributed by atoms with Gasteiger partial charge in [0.05, 0.1) is 0 Å². The highest BCUT2D eigenvalue weighted by molar-refractivity contribution is 5.46. The van der Waals surface area contributed by atoms with Gasteiger partial charge in [-0.15, -0.1) is 0 Å². The second-order valence-corrected chi connectivity index (χ2v) is 2.30. The number of amides is 1. The van der Waals surface area contributed by atoms with Crippen LogP contribution in [0.5, 0.6) is 0 Å². The lowest BCUT2D eigenvalue weighted by Gasteiger charge is -1.97. The fourth-order valence-corrected chi connectivity index (χ4v) is 0.795. The van der Waals surface area contributed by atoms with Crippen LogP contribution in [0.4, 0.5) is 0 Å². The first-order chi connectivity index (χ1) is 4.91. The summed E-state index contributed by atoms with van der Waals surface area (Å²) in [5.41, 5.74) is 0. The van der Waals surface area contributed by atoms with E-state index < -0.39 is 0 Å². The molecule has 2 radical (unpaired) electrons. The molecule has 0 bridgehead atoms. The van der Waals surface area contributed by atoms with E-state index in [0.717, 1.165) is 19.4 Å². The molecule has 0 saturated carbocycles. The van der Waals surface area contributed by atoms with Crippen LogP contribution >= 0.6 is 0 Å². The number of rotatable bonds is 7. The average molecular weight is 141 g/mol. The molecule has 0 rings (SSSR count). The first kappa shape index (κ1) is 9.47. The van der Waals surface area contributed by atoms with Gasteiger partial charge < -0.3 is 5.32 Å². The lowest BCUT2D eigenvalue weighted by atomic mass is 10.1. The highest BCUT2D eigenvalue weighted by Gasteiger charge is 1.86. The Morgan fingerprint density at radius 2 is 1.90 bits per heavy atom. The quantitative estimate of drug-likeness (QED) is 0.421. The Kier molecular flexibility index (Phi) is 8.02. The van der Waals surface area contributed by atoms with Gasteiger partial charge in [-0.05, 0) is 6.42 Å². The molecule has 58 valence electrons. The molecule has 0 fully saturated rings. The molecule has 0 aromatic carbocycles. The monoisotopic (exact) mass is 141 g/mol. The van der Waals surface area contributed by atoms with Crippen molar-refractivity contribution >= 4 is 6.41 Å². The van der Waals surface area contributed by atoms with Crippen molar-refractivity contribution in [3.63, 3.8) is 0 Å². The van der Waals surface area contributed by atoms with E-state index in [1.54, 1.807) is 6.41 Å². The van der Waals surface area contributed by atoms with Crippen molar-refractivity contribution in [3.05, 3.63) is 6.92 Å². The van der Waals surface area contributed by atoms with Gasteiger partial charge in [0.1, 0.15) is 0 Å². The maximum atomic E-state index is 9.65. The Morgan fingerprint density at radius 1 is 1.20 bits per heavy atom. The standard InChI is InChI=1S/C8H15NO/c1-2-3-4-5-6-7-9-8-10/h1-7H2,(H,9,10). The Hall–Kier alpha value is -0.530. The summed E-state index contributed by atoms with van der Waals surface area (Å²) >= 11 is 0. The predicted molar refractivity (Wildman–Crippen MR) is 42.1 cm³/mol. The summed E-state index contributed by atoms with van der Waals surface area (Å²) < 4.78 is 0. The summed E-state index contributed by atoms with van der Waals surface area (Å²) in [6.45, 7) is 4.51. The summed E-state index contributed by atoms with van der Waals surface area (Å²) in [6, 6.07) is 0. The summed E-state index contributed by atoms with van der Waals surface area (Å²) in [5.74, 6) is 0. The van der Waals surface area contributed by atoms with Crippen molar-refractivity contribution in [2.24, 2.45) is 0 Å². The predicted octanol–water partition coefficient (Wildman–Crippen LogP) is 1.43. The minimum atomic E-state index is 0.765. The molecular weight excluding hydrogens is 126 g/mol. The molecule has 0 atom stereocenters. The van der Waals surface area contributed by atoms with Crippen LogP contribution in [-0.2, 0) is 4.79 Å². The number of carbonyl (C=O) groups excluding carboxylic acids is 1. The molecule has 10 heavy (non-hydrogen) atoms. The van der Waals surface area contributed by atoms with Crippen LogP contribution in [0.3, 0.4) is 0 Å². The van der Waals surface area contributed by atoms with Crippen LogP contribution in [0.15, 0.2) is 0 Å². The molecule has 0 aliphatic heterocycles. The normalized spacial score (nSPS) is 9.30. The van der Waals surface area contributed by atoms with Crippen LogP contribution in [-0.4, -0.2) is 13.0 Å². The lowest BCUT2D eigenvalue weighted by molar-refractivity contribution is 0.536. The Bertz CT molecular complexity index is 73.7. The third kappa shape index (κ3) is 7.47. The van der Waals surface area contributed by atoms with Gasteiger partial charge >= 0.3 is 6.41 Å². The van der Waals surface area contributed by atoms with Gasteiger partial charge in [-0.2, -0.15) is 0 Å². The molecule has 0 aliphatic carbocycles. The Morgan fingerprint density at radius 3 is 2.50 bits per heavy atom. The first-order valence-electron chi connectivity index (χ1n) is 3.81. The molecule has 0 aromatic rings.